The van der Waals surface area contributed by atoms with Crippen LogP contribution in [0.4, 0.5) is 4.39 Å². The molecule has 0 radical (unpaired) electrons. The zero-order valence-corrected chi connectivity index (χ0v) is 21.8. The Balaban J connectivity index is 1.86. The molecule has 1 fully saturated rings. The molecule has 1 aliphatic heterocycles. The molecule has 2 N–H and O–H groups in total. The largest absolute Gasteiger partial charge is 0.530 e. The quantitative estimate of drug-likeness (QED) is 0.247. The van der Waals surface area contributed by atoms with Gasteiger partial charge in [0.15, 0.2) is 6.10 Å². The van der Waals surface area contributed by atoms with Crippen molar-refractivity contribution in [2.24, 2.45) is 0 Å². The Morgan fingerprint density at radius 1 is 1.32 bits per heavy atom. The number of ether oxygens (including phenoxy) is 2. The summed E-state index contributed by atoms with van der Waals surface area (Å²) in [5, 5.41) is 14.3. The van der Waals surface area contributed by atoms with Crippen LogP contribution < -0.4 is 15.8 Å². The molecule has 38 heavy (non-hydrogen) atoms. The standard InChI is InChI=1S/C23H27FN3O10P/c1-5-11-23(24)19(29)17(35-21(23)27-22(31)26-18(28)12-25-27)13-33-38(32,37-16-9-7-6-8-10-16)36-15(4)20(30)34-14(2)3/h6-10,12,14-15,17,19,21,29H,13H2,1-4H3,(H,26,28,31)/t15-,17+,19?,21+,23+,38?/m0/s1. The Hall–Kier alpha value is -3.34. The fraction of sp³-hybridized carbons (Fsp3) is 0.478. The number of H-pyrrole nitrogens is 1. The van der Waals surface area contributed by atoms with Crippen molar-refractivity contribution in [3.8, 4) is 17.6 Å². The van der Waals surface area contributed by atoms with Gasteiger partial charge in [-0.1, -0.05) is 24.1 Å². The summed E-state index contributed by atoms with van der Waals surface area (Å²) in [7, 11) is -4.62. The van der Waals surface area contributed by atoms with Crippen LogP contribution in [0.1, 0.15) is 33.9 Å². The van der Waals surface area contributed by atoms with Gasteiger partial charge in [-0.15, -0.1) is 5.92 Å². The Labute approximate surface area is 216 Å². The van der Waals surface area contributed by atoms with Gasteiger partial charge in [-0.3, -0.25) is 18.8 Å². The van der Waals surface area contributed by atoms with Gasteiger partial charge in [-0.2, -0.15) is 9.78 Å². The average Bonchev–Trinajstić information content (AvgIpc) is 3.08. The number of carbonyl (C=O) groups is 1. The van der Waals surface area contributed by atoms with Crippen LogP contribution in [0.15, 0.2) is 46.1 Å². The maximum Gasteiger partial charge on any atom is 0.530 e. The molecule has 206 valence electrons. The van der Waals surface area contributed by atoms with E-state index in [1.165, 1.54) is 26.0 Å². The molecular weight excluding hydrogens is 528 g/mol. The van der Waals surface area contributed by atoms with Crippen LogP contribution in [0, 0.1) is 11.8 Å². The van der Waals surface area contributed by atoms with E-state index in [0.717, 1.165) is 0 Å². The second kappa shape index (κ2) is 12.0. The van der Waals surface area contributed by atoms with Gasteiger partial charge >= 0.3 is 19.5 Å². The molecule has 1 aromatic heterocycles. The zero-order chi connectivity index (χ0) is 28.1. The number of aromatic nitrogens is 3. The number of halogens is 1. The minimum absolute atomic E-state index is 0.0618. The first-order valence-corrected chi connectivity index (χ1v) is 12.9. The Morgan fingerprint density at radius 2 is 2.00 bits per heavy atom. The third-order valence-electron chi connectivity index (χ3n) is 5.05. The second-order valence-electron chi connectivity index (χ2n) is 8.38. The highest BCUT2D eigenvalue weighted by molar-refractivity contribution is 7.49. The molecule has 1 aliphatic rings. The van der Waals surface area contributed by atoms with E-state index in [9.17, 15) is 24.1 Å². The molecule has 2 unspecified atom stereocenters. The second-order valence-corrected chi connectivity index (χ2v) is 9.92. The first kappa shape index (κ1) is 29.2. The first-order chi connectivity index (χ1) is 17.9. The number of rotatable bonds is 10. The van der Waals surface area contributed by atoms with Gasteiger partial charge in [0.1, 0.15) is 24.2 Å². The lowest BCUT2D eigenvalue weighted by atomic mass is 9.97. The minimum atomic E-state index is -4.62. The number of benzene rings is 1. The summed E-state index contributed by atoms with van der Waals surface area (Å²) in [5.74, 6) is 3.69. The van der Waals surface area contributed by atoms with Crippen LogP contribution in [0.5, 0.6) is 5.75 Å². The fourth-order valence-electron chi connectivity index (χ4n) is 3.40. The van der Waals surface area contributed by atoms with E-state index in [1.807, 2.05) is 4.98 Å². The molecule has 13 nitrogen and oxygen atoms in total. The SMILES string of the molecule is CC#C[C@@]1(F)C(O)[C@@H](COP(=O)(Oc2ccccc2)O[C@@H](C)C(=O)OC(C)C)O[C@H]1n1ncc(=O)[nH]c1=O. The van der Waals surface area contributed by atoms with E-state index in [1.54, 1.807) is 32.0 Å². The minimum Gasteiger partial charge on any atom is -0.461 e. The Morgan fingerprint density at radius 3 is 2.61 bits per heavy atom. The Kier molecular flexibility index (Phi) is 9.24. The van der Waals surface area contributed by atoms with Crippen molar-refractivity contribution in [2.45, 2.75) is 64.0 Å². The number of para-hydroxylation sites is 1. The number of hydrogen-bond donors (Lipinski definition) is 2. The van der Waals surface area contributed by atoms with E-state index in [2.05, 4.69) is 16.9 Å². The number of hydrogen-bond acceptors (Lipinski definition) is 11. The summed E-state index contributed by atoms with van der Waals surface area (Å²) in [5.41, 5.74) is -4.83. The van der Waals surface area contributed by atoms with Gasteiger partial charge < -0.3 is 19.1 Å². The molecule has 0 bridgehead atoms. The number of aliphatic hydroxyl groups is 1. The molecule has 2 heterocycles. The number of nitrogens with zero attached hydrogens (tertiary/aromatic N) is 2. The number of esters is 1. The third-order valence-corrected chi connectivity index (χ3v) is 6.52. The van der Waals surface area contributed by atoms with Crippen molar-refractivity contribution in [1.29, 1.82) is 0 Å². The number of aliphatic hydroxyl groups excluding tert-OH is 1. The number of carbonyl (C=O) groups excluding carboxylic acids is 1. The number of alkyl halides is 1. The zero-order valence-electron chi connectivity index (χ0n) is 20.9. The van der Waals surface area contributed by atoms with Gasteiger partial charge in [0, 0.05) is 0 Å². The molecule has 6 atom stereocenters. The van der Waals surface area contributed by atoms with E-state index in [-0.39, 0.29) is 5.75 Å². The number of nitrogens with one attached hydrogen (secondary N) is 1. The summed E-state index contributed by atoms with van der Waals surface area (Å²) in [6.07, 6.45) is -6.67. The molecule has 1 saturated heterocycles. The normalized spacial score (nSPS) is 25.2. The molecule has 2 aromatic rings. The molecule has 0 spiro atoms. The lowest BCUT2D eigenvalue weighted by molar-refractivity contribution is -0.156. The van der Waals surface area contributed by atoms with Crippen LogP contribution in [-0.2, 0) is 27.9 Å². The van der Waals surface area contributed by atoms with Crippen molar-refractivity contribution in [3.05, 3.63) is 57.4 Å². The van der Waals surface area contributed by atoms with Crippen LogP contribution in [0.25, 0.3) is 0 Å². The molecular formula is C23H27FN3O10P. The maximum absolute atomic E-state index is 15.9. The van der Waals surface area contributed by atoms with Gasteiger partial charge in [-0.25, -0.2) is 18.5 Å². The van der Waals surface area contributed by atoms with E-state index in [4.69, 9.17) is 23.0 Å². The lowest BCUT2D eigenvalue weighted by Gasteiger charge is -2.24. The highest BCUT2D eigenvalue weighted by Gasteiger charge is 2.59. The summed E-state index contributed by atoms with van der Waals surface area (Å²) < 4.78 is 56.5. The topological polar surface area (TPSA) is 168 Å². The van der Waals surface area contributed by atoms with Gasteiger partial charge in [0.25, 0.3) is 5.56 Å². The predicted molar refractivity (Wildman–Crippen MR) is 129 cm³/mol. The van der Waals surface area contributed by atoms with Crippen molar-refractivity contribution in [2.75, 3.05) is 6.61 Å². The highest BCUT2D eigenvalue weighted by atomic mass is 31.2. The number of phosphoric acid groups is 1. The summed E-state index contributed by atoms with van der Waals surface area (Å²) >= 11 is 0. The molecule has 0 amide bonds. The predicted octanol–water partition coefficient (Wildman–Crippen LogP) is 1.48. The Bertz CT molecular complexity index is 1350. The fourth-order valence-corrected chi connectivity index (χ4v) is 4.74. The molecule has 0 aliphatic carbocycles. The van der Waals surface area contributed by atoms with E-state index >= 15 is 4.39 Å². The smallest absolute Gasteiger partial charge is 0.461 e. The van der Waals surface area contributed by atoms with Crippen LogP contribution in [-0.4, -0.2) is 62.5 Å². The monoisotopic (exact) mass is 555 g/mol. The maximum atomic E-state index is 15.9. The van der Waals surface area contributed by atoms with Crippen LogP contribution in [0.2, 0.25) is 0 Å². The van der Waals surface area contributed by atoms with Crippen LogP contribution >= 0.6 is 7.82 Å². The van der Waals surface area contributed by atoms with E-state index in [0.29, 0.717) is 10.9 Å². The van der Waals surface area contributed by atoms with E-state index < -0.39 is 68.0 Å². The van der Waals surface area contributed by atoms with Gasteiger partial charge in [-0.05, 0) is 39.8 Å². The summed E-state index contributed by atoms with van der Waals surface area (Å²) in [6, 6.07) is 7.74. The lowest BCUT2D eigenvalue weighted by Crippen LogP contribution is -2.46. The van der Waals surface area contributed by atoms with Crippen molar-refractivity contribution in [1.82, 2.24) is 14.8 Å². The van der Waals surface area contributed by atoms with Gasteiger partial charge in [0.2, 0.25) is 11.9 Å². The highest BCUT2D eigenvalue weighted by Crippen LogP contribution is 2.52. The molecule has 15 heteroatoms. The average molecular weight is 555 g/mol. The van der Waals surface area contributed by atoms with Crippen molar-refractivity contribution in [3.63, 3.8) is 0 Å². The van der Waals surface area contributed by atoms with Crippen molar-refractivity contribution < 1.29 is 41.9 Å². The summed E-state index contributed by atoms with van der Waals surface area (Å²) in [4.78, 5) is 37.7. The van der Waals surface area contributed by atoms with Crippen molar-refractivity contribution >= 4 is 13.8 Å². The number of phosphoric ester groups is 1. The third kappa shape index (κ3) is 6.75. The number of aromatic amines is 1. The summed E-state index contributed by atoms with van der Waals surface area (Å²) in [6.45, 7) is 5.00. The van der Waals surface area contributed by atoms with Crippen LogP contribution in [0.3, 0.4) is 0 Å². The molecule has 0 saturated carbocycles. The molecule has 3 rings (SSSR count). The van der Waals surface area contributed by atoms with Gasteiger partial charge in [0.05, 0.1) is 12.7 Å². The first-order valence-electron chi connectivity index (χ1n) is 11.4. The molecule has 1 aromatic carbocycles.